The van der Waals surface area contributed by atoms with Gasteiger partial charge in [-0.15, -0.1) is 0 Å². The minimum Gasteiger partial charge on any atom is -0.267 e. The van der Waals surface area contributed by atoms with Crippen LogP contribution in [0.15, 0.2) is 68.0 Å². The molecule has 1 atom stereocenters. The van der Waals surface area contributed by atoms with Crippen LogP contribution in [0.25, 0.3) is 0 Å². The van der Waals surface area contributed by atoms with Gasteiger partial charge in [-0.25, -0.2) is 9.98 Å². The molecule has 3 rings (SSSR count). The van der Waals surface area contributed by atoms with Gasteiger partial charge in [0.25, 0.3) is 0 Å². The minimum absolute atomic E-state index is 0.0802. The summed E-state index contributed by atoms with van der Waals surface area (Å²) < 4.78 is 1.05. The number of rotatable bonds is 2. The fraction of sp³-hybridized carbons (Fsp3) is 0.235. The Balaban J connectivity index is 2.06. The van der Waals surface area contributed by atoms with E-state index in [1.165, 1.54) is 0 Å². The van der Waals surface area contributed by atoms with Crippen LogP contribution in [0.5, 0.6) is 0 Å². The van der Waals surface area contributed by atoms with E-state index in [1.807, 2.05) is 42.5 Å². The van der Waals surface area contributed by atoms with E-state index in [2.05, 4.69) is 45.8 Å². The van der Waals surface area contributed by atoms with E-state index in [1.54, 1.807) is 0 Å². The van der Waals surface area contributed by atoms with Crippen molar-refractivity contribution in [1.82, 2.24) is 0 Å². The largest absolute Gasteiger partial charge is 0.267 e. The molecule has 4 heteroatoms. The van der Waals surface area contributed by atoms with E-state index in [4.69, 9.17) is 4.99 Å². The molecule has 0 aromatic heterocycles. The lowest BCUT2D eigenvalue weighted by atomic mass is 9.95. The average Bonchev–Trinajstić information content (AvgIpc) is 2.47. The zero-order chi connectivity index (χ0) is 14.8. The SMILES string of the molecule is CC(C)N=C1N=C(c2ccc(Br)cc2)N=C2C=CC=CC21. The van der Waals surface area contributed by atoms with E-state index in [0.29, 0.717) is 0 Å². The van der Waals surface area contributed by atoms with Crippen LogP contribution in [-0.4, -0.2) is 23.4 Å². The third kappa shape index (κ3) is 3.10. The molecule has 0 fully saturated rings. The van der Waals surface area contributed by atoms with Crippen LogP contribution in [0.4, 0.5) is 0 Å². The summed E-state index contributed by atoms with van der Waals surface area (Å²) in [6, 6.07) is 8.25. The van der Waals surface area contributed by atoms with Gasteiger partial charge in [0.05, 0.1) is 11.6 Å². The molecular weight excluding hydrogens is 326 g/mol. The van der Waals surface area contributed by atoms with E-state index in [-0.39, 0.29) is 12.0 Å². The molecule has 106 valence electrons. The van der Waals surface area contributed by atoms with Crippen molar-refractivity contribution in [3.05, 3.63) is 58.6 Å². The Hall–Kier alpha value is -1.81. The van der Waals surface area contributed by atoms with Gasteiger partial charge in [0.2, 0.25) is 0 Å². The Morgan fingerprint density at radius 1 is 1.10 bits per heavy atom. The van der Waals surface area contributed by atoms with Gasteiger partial charge in [0.1, 0.15) is 5.84 Å². The summed E-state index contributed by atoms with van der Waals surface area (Å²) in [6.45, 7) is 4.13. The third-order valence-corrected chi connectivity index (χ3v) is 3.76. The minimum atomic E-state index is 0.0802. The third-order valence-electron chi connectivity index (χ3n) is 3.23. The lowest BCUT2D eigenvalue weighted by molar-refractivity contribution is 0.824. The van der Waals surface area contributed by atoms with Crippen molar-refractivity contribution in [2.75, 3.05) is 0 Å². The maximum atomic E-state index is 4.69. The van der Waals surface area contributed by atoms with Crippen LogP contribution in [0, 0.1) is 5.92 Å². The number of halogens is 1. The molecule has 1 aromatic carbocycles. The molecule has 0 saturated heterocycles. The summed E-state index contributed by atoms with van der Waals surface area (Å²) in [6.07, 6.45) is 8.17. The summed E-state index contributed by atoms with van der Waals surface area (Å²) >= 11 is 3.45. The number of nitrogens with zero attached hydrogens (tertiary/aromatic N) is 3. The second kappa shape index (κ2) is 5.90. The van der Waals surface area contributed by atoms with Crippen LogP contribution in [-0.2, 0) is 0 Å². The topological polar surface area (TPSA) is 37.1 Å². The molecule has 0 bridgehead atoms. The molecule has 0 N–H and O–H groups in total. The van der Waals surface area contributed by atoms with Crippen LogP contribution < -0.4 is 0 Å². The lowest BCUT2D eigenvalue weighted by Crippen LogP contribution is -2.28. The molecule has 1 aliphatic heterocycles. The molecule has 0 amide bonds. The van der Waals surface area contributed by atoms with Crippen LogP contribution in [0.2, 0.25) is 0 Å². The molecule has 21 heavy (non-hydrogen) atoms. The number of fused-ring (bicyclic) bond motifs is 1. The molecule has 2 aliphatic rings. The number of amidine groups is 2. The highest BCUT2D eigenvalue weighted by Gasteiger charge is 2.25. The van der Waals surface area contributed by atoms with Crippen LogP contribution >= 0.6 is 15.9 Å². The molecule has 3 nitrogen and oxygen atoms in total. The number of allylic oxidation sites excluding steroid dienone is 3. The van der Waals surface area contributed by atoms with Crippen molar-refractivity contribution >= 4 is 33.3 Å². The van der Waals surface area contributed by atoms with Crippen molar-refractivity contribution in [3.8, 4) is 0 Å². The second-order valence-electron chi connectivity index (χ2n) is 5.28. The standard InChI is InChI=1S/C17H16BrN3/c1-11(2)19-17-14-5-3-4-6-15(14)20-16(21-17)12-7-9-13(18)10-8-12/h3-11,14H,1-2H3. The average molecular weight is 342 g/mol. The van der Waals surface area contributed by atoms with Gasteiger partial charge in [-0.3, -0.25) is 4.99 Å². The summed E-state index contributed by atoms with van der Waals surface area (Å²) in [5.41, 5.74) is 2.01. The predicted molar refractivity (Wildman–Crippen MR) is 92.5 cm³/mol. The first-order chi connectivity index (χ1) is 10.1. The Labute approximate surface area is 133 Å². The molecule has 0 saturated carbocycles. The van der Waals surface area contributed by atoms with Gasteiger partial charge in [-0.2, -0.15) is 0 Å². The van der Waals surface area contributed by atoms with E-state index in [0.717, 1.165) is 27.4 Å². The van der Waals surface area contributed by atoms with E-state index < -0.39 is 0 Å². The molecular formula is C17H16BrN3. The first-order valence-corrected chi connectivity index (χ1v) is 7.78. The number of hydrogen-bond acceptors (Lipinski definition) is 2. The maximum Gasteiger partial charge on any atom is 0.161 e. The molecule has 1 heterocycles. The van der Waals surface area contributed by atoms with Crippen molar-refractivity contribution in [3.63, 3.8) is 0 Å². The van der Waals surface area contributed by atoms with Crippen molar-refractivity contribution in [1.29, 1.82) is 0 Å². The Morgan fingerprint density at radius 3 is 2.57 bits per heavy atom. The zero-order valence-corrected chi connectivity index (χ0v) is 13.6. The highest BCUT2D eigenvalue weighted by atomic mass is 79.9. The Kier molecular flexibility index (Phi) is 3.97. The highest BCUT2D eigenvalue weighted by Crippen LogP contribution is 2.21. The van der Waals surface area contributed by atoms with Crippen LogP contribution in [0.1, 0.15) is 19.4 Å². The fourth-order valence-corrected chi connectivity index (χ4v) is 2.55. The first-order valence-electron chi connectivity index (χ1n) is 6.99. The number of benzene rings is 1. The summed E-state index contributed by atoms with van der Waals surface area (Å²) in [5, 5.41) is 0. The normalized spacial score (nSPS) is 22.3. The van der Waals surface area contributed by atoms with Gasteiger partial charge < -0.3 is 0 Å². The van der Waals surface area contributed by atoms with E-state index >= 15 is 0 Å². The van der Waals surface area contributed by atoms with Gasteiger partial charge in [0, 0.05) is 16.1 Å². The summed E-state index contributed by atoms with van der Waals surface area (Å²) in [5.74, 6) is 1.65. The van der Waals surface area contributed by atoms with Crippen molar-refractivity contribution in [2.45, 2.75) is 19.9 Å². The monoisotopic (exact) mass is 341 g/mol. The van der Waals surface area contributed by atoms with E-state index in [9.17, 15) is 0 Å². The first kappa shape index (κ1) is 14.1. The van der Waals surface area contributed by atoms with Gasteiger partial charge in [-0.05, 0) is 32.1 Å². The Bertz CT molecular complexity index is 691. The summed E-state index contributed by atoms with van der Waals surface area (Å²) in [4.78, 5) is 14.0. The lowest BCUT2D eigenvalue weighted by Gasteiger charge is -2.21. The molecule has 0 spiro atoms. The van der Waals surface area contributed by atoms with Crippen LogP contribution in [0.3, 0.4) is 0 Å². The van der Waals surface area contributed by atoms with Gasteiger partial charge in [-0.1, -0.05) is 46.3 Å². The van der Waals surface area contributed by atoms with Gasteiger partial charge >= 0.3 is 0 Å². The predicted octanol–water partition coefficient (Wildman–Crippen LogP) is 4.20. The quantitative estimate of drug-likeness (QED) is 0.773. The second-order valence-corrected chi connectivity index (χ2v) is 6.20. The smallest absolute Gasteiger partial charge is 0.161 e. The number of aliphatic imine (C=N–C) groups is 3. The van der Waals surface area contributed by atoms with Crippen molar-refractivity contribution in [2.24, 2.45) is 20.9 Å². The molecule has 0 radical (unpaired) electrons. The Morgan fingerprint density at radius 2 is 1.86 bits per heavy atom. The zero-order valence-electron chi connectivity index (χ0n) is 12.0. The molecule has 1 aliphatic carbocycles. The molecule has 1 aromatic rings. The summed E-state index contributed by atoms with van der Waals surface area (Å²) in [7, 11) is 0. The van der Waals surface area contributed by atoms with Gasteiger partial charge in [0.15, 0.2) is 5.84 Å². The molecule has 1 unspecified atom stereocenters. The highest BCUT2D eigenvalue weighted by molar-refractivity contribution is 9.10. The fourth-order valence-electron chi connectivity index (χ4n) is 2.28. The maximum absolute atomic E-state index is 4.69. The van der Waals surface area contributed by atoms with Crippen molar-refractivity contribution < 1.29 is 0 Å². The number of hydrogen-bond donors (Lipinski definition) is 0.